The molecule has 0 spiro atoms. The number of aliphatic hydroxyl groups excluding tert-OH is 2. The Morgan fingerprint density at radius 2 is 0.562 bits per heavy atom. The summed E-state index contributed by atoms with van der Waals surface area (Å²) in [4.78, 5) is 0. The normalized spacial score (nSPS) is 13.5. The van der Waals surface area contributed by atoms with Gasteiger partial charge in [0.1, 0.15) is 0 Å². The zero-order valence-electron chi connectivity index (χ0n) is 22.4. The van der Waals surface area contributed by atoms with Gasteiger partial charge in [-0.3, -0.25) is 0 Å². The Hall–Kier alpha value is -0.0800. The van der Waals surface area contributed by atoms with Crippen LogP contribution >= 0.6 is 0 Å². The molecule has 2 heteroatoms. The van der Waals surface area contributed by atoms with Crippen LogP contribution in [0.4, 0.5) is 0 Å². The Balaban J connectivity index is 3.16. The highest BCUT2D eigenvalue weighted by Crippen LogP contribution is 2.16. The molecule has 0 radical (unpaired) electrons. The maximum Gasteiger partial charge on any atom is 0.0564 e. The second kappa shape index (κ2) is 27.2. The SMILES string of the molecule is CCCCCCCCCCCCCCCCCCCCCC[C@@H](O)C[C@@H](O)CCCCC. The summed E-state index contributed by atoms with van der Waals surface area (Å²) in [7, 11) is 0. The van der Waals surface area contributed by atoms with Crippen LogP contribution in [0.1, 0.15) is 181 Å². The first-order valence-electron chi connectivity index (χ1n) is 15.1. The number of unbranched alkanes of at least 4 members (excludes halogenated alkanes) is 21. The van der Waals surface area contributed by atoms with Crippen LogP contribution in [0, 0.1) is 0 Å². The molecule has 0 aliphatic carbocycles. The maximum absolute atomic E-state index is 10.1. The van der Waals surface area contributed by atoms with Crippen molar-refractivity contribution < 1.29 is 10.2 Å². The predicted octanol–water partition coefficient (Wildman–Crippen LogP) is 9.89. The molecule has 0 rings (SSSR count). The van der Waals surface area contributed by atoms with Crippen LogP contribution in [0.25, 0.3) is 0 Å². The fourth-order valence-electron chi connectivity index (χ4n) is 4.81. The number of hydrogen-bond donors (Lipinski definition) is 2. The first-order valence-corrected chi connectivity index (χ1v) is 15.1. The largest absolute Gasteiger partial charge is 0.393 e. The van der Waals surface area contributed by atoms with Crippen molar-refractivity contribution in [2.75, 3.05) is 0 Å². The van der Waals surface area contributed by atoms with E-state index in [0.29, 0.717) is 6.42 Å². The average Bonchev–Trinajstić information content (AvgIpc) is 2.78. The zero-order valence-corrected chi connectivity index (χ0v) is 22.4. The molecule has 0 heterocycles. The molecule has 2 N–H and O–H groups in total. The van der Waals surface area contributed by atoms with Gasteiger partial charge in [-0.1, -0.05) is 162 Å². The van der Waals surface area contributed by atoms with Gasteiger partial charge in [-0.25, -0.2) is 0 Å². The van der Waals surface area contributed by atoms with Crippen LogP contribution in [0.15, 0.2) is 0 Å². The Morgan fingerprint density at radius 1 is 0.344 bits per heavy atom. The van der Waals surface area contributed by atoms with Crippen molar-refractivity contribution in [1.29, 1.82) is 0 Å². The molecule has 2 nitrogen and oxygen atoms in total. The third-order valence-corrected chi connectivity index (χ3v) is 7.08. The molecule has 0 aromatic carbocycles. The maximum atomic E-state index is 10.1. The van der Waals surface area contributed by atoms with E-state index < -0.39 is 0 Å². The standard InChI is InChI=1S/C30H62O2/c1-3-5-7-8-9-10-11-12-13-14-15-16-17-18-19-20-21-22-23-25-27-30(32)28-29(31)26-24-6-4-2/h29-32H,3-28H2,1-2H3/t29-,30+/m0/s1. The highest BCUT2D eigenvalue weighted by atomic mass is 16.3. The minimum absolute atomic E-state index is 0.304. The van der Waals surface area contributed by atoms with Crippen molar-refractivity contribution in [2.24, 2.45) is 0 Å². The molecule has 0 aromatic heterocycles. The van der Waals surface area contributed by atoms with Crippen molar-refractivity contribution >= 4 is 0 Å². The lowest BCUT2D eigenvalue weighted by Gasteiger charge is -2.15. The lowest BCUT2D eigenvalue weighted by atomic mass is 10.00. The Kier molecular flexibility index (Phi) is 27.1. The summed E-state index contributed by atoms with van der Waals surface area (Å²) < 4.78 is 0. The Bertz CT molecular complexity index is 331. The molecule has 194 valence electrons. The first kappa shape index (κ1) is 31.9. The third-order valence-electron chi connectivity index (χ3n) is 7.08. The Labute approximate surface area is 203 Å². The number of rotatable bonds is 27. The molecule has 0 saturated heterocycles. The van der Waals surface area contributed by atoms with E-state index in [9.17, 15) is 10.2 Å². The van der Waals surface area contributed by atoms with Gasteiger partial charge in [0.25, 0.3) is 0 Å². The summed E-state index contributed by atoms with van der Waals surface area (Å²) in [6, 6.07) is 0. The molecule has 0 unspecified atom stereocenters. The molecule has 0 saturated carbocycles. The van der Waals surface area contributed by atoms with E-state index >= 15 is 0 Å². The topological polar surface area (TPSA) is 40.5 Å². The van der Waals surface area contributed by atoms with Gasteiger partial charge in [-0.2, -0.15) is 0 Å². The van der Waals surface area contributed by atoms with E-state index in [0.717, 1.165) is 25.7 Å². The summed E-state index contributed by atoms with van der Waals surface area (Å²) in [5, 5.41) is 20.0. The van der Waals surface area contributed by atoms with E-state index in [-0.39, 0.29) is 12.2 Å². The third kappa shape index (κ3) is 26.2. The van der Waals surface area contributed by atoms with Gasteiger partial charge in [0.15, 0.2) is 0 Å². The lowest BCUT2D eigenvalue weighted by Crippen LogP contribution is -2.17. The lowest BCUT2D eigenvalue weighted by molar-refractivity contribution is 0.0681. The molecule has 2 atom stereocenters. The molecule has 0 amide bonds. The minimum Gasteiger partial charge on any atom is -0.393 e. The van der Waals surface area contributed by atoms with Gasteiger partial charge in [0.2, 0.25) is 0 Å². The molecular formula is C30H62O2. The number of aliphatic hydroxyl groups is 2. The minimum atomic E-state index is -0.304. The summed E-state index contributed by atoms with van der Waals surface area (Å²) in [5.74, 6) is 0. The molecule has 0 aromatic rings. The average molecular weight is 455 g/mol. The monoisotopic (exact) mass is 454 g/mol. The van der Waals surface area contributed by atoms with Gasteiger partial charge in [0, 0.05) is 0 Å². The summed E-state index contributed by atoms with van der Waals surface area (Å²) in [5.41, 5.74) is 0. The molecule has 0 aliphatic rings. The van der Waals surface area contributed by atoms with Crippen LogP contribution < -0.4 is 0 Å². The quantitative estimate of drug-likeness (QED) is 0.121. The van der Waals surface area contributed by atoms with Crippen LogP contribution in [-0.4, -0.2) is 22.4 Å². The number of hydrogen-bond acceptors (Lipinski definition) is 2. The highest BCUT2D eigenvalue weighted by molar-refractivity contribution is 4.64. The van der Waals surface area contributed by atoms with Crippen LogP contribution in [0.3, 0.4) is 0 Å². The molecular weight excluding hydrogens is 392 g/mol. The van der Waals surface area contributed by atoms with E-state index in [1.165, 1.54) is 135 Å². The highest BCUT2D eigenvalue weighted by Gasteiger charge is 2.11. The van der Waals surface area contributed by atoms with Crippen LogP contribution in [-0.2, 0) is 0 Å². The van der Waals surface area contributed by atoms with Gasteiger partial charge < -0.3 is 10.2 Å². The van der Waals surface area contributed by atoms with Gasteiger partial charge >= 0.3 is 0 Å². The van der Waals surface area contributed by atoms with E-state index in [1.54, 1.807) is 0 Å². The molecule has 0 aliphatic heterocycles. The van der Waals surface area contributed by atoms with Crippen molar-refractivity contribution in [3.05, 3.63) is 0 Å². The second-order valence-electron chi connectivity index (χ2n) is 10.5. The first-order chi connectivity index (χ1) is 15.7. The van der Waals surface area contributed by atoms with Crippen molar-refractivity contribution in [2.45, 2.75) is 193 Å². The fourth-order valence-corrected chi connectivity index (χ4v) is 4.81. The van der Waals surface area contributed by atoms with Crippen molar-refractivity contribution in [3.63, 3.8) is 0 Å². The van der Waals surface area contributed by atoms with E-state index in [4.69, 9.17) is 0 Å². The summed E-state index contributed by atoms with van der Waals surface area (Å²) in [6.07, 6.45) is 33.2. The smallest absolute Gasteiger partial charge is 0.0564 e. The van der Waals surface area contributed by atoms with Crippen LogP contribution in [0.2, 0.25) is 0 Å². The van der Waals surface area contributed by atoms with Crippen molar-refractivity contribution in [3.8, 4) is 0 Å². The summed E-state index contributed by atoms with van der Waals surface area (Å²) >= 11 is 0. The van der Waals surface area contributed by atoms with Gasteiger partial charge in [-0.05, 0) is 19.3 Å². The van der Waals surface area contributed by atoms with Gasteiger partial charge in [0.05, 0.1) is 12.2 Å². The van der Waals surface area contributed by atoms with Gasteiger partial charge in [-0.15, -0.1) is 0 Å². The summed E-state index contributed by atoms with van der Waals surface area (Å²) in [6.45, 7) is 4.47. The van der Waals surface area contributed by atoms with Crippen molar-refractivity contribution in [1.82, 2.24) is 0 Å². The predicted molar refractivity (Wildman–Crippen MR) is 143 cm³/mol. The second-order valence-corrected chi connectivity index (χ2v) is 10.5. The molecule has 32 heavy (non-hydrogen) atoms. The fraction of sp³-hybridized carbons (Fsp3) is 1.00. The molecule has 0 fully saturated rings. The van der Waals surface area contributed by atoms with Crippen LogP contribution in [0.5, 0.6) is 0 Å². The van der Waals surface area contributed by atoms with E-state index in [1.807, 2.05) is 0 Å². The zero-order chi connectivity index (χ0) is 23.5. The Morgan fingerprint density at radius 3 is 0.875 bits per heavy atom. The molecule has 0 bridgehead atoms. The van der Waals surface area contributed by atoms with E-state index in [2.05, 4.69) is 13.8 Å².